The Morgan fingerprint density at radius 2 is 1.73 bits per heavy atom. The van der Waals surface area contributed by atoms with Crippen LogP contribution in [0.4, 0.5) is 0 Å². The van der Waals surface area contributed by atoms with Gasteiger partial charge in [0.15, 0.2) is 23.0 Å². The van der Waals surface area contributed by atoms with Gasteiger partial charge in [0.1, 0.15) is 11.8 Å². The number of nitriles is 1. The van der Waals surface area contributed by atoms with E-state index in [0.29, 0.717) is 69.2 Å². The van der Waals surface area contributed by atoms with Crippen molar-refractivity contribution in [3.63, 3.8) is 0 Å². The van der Waals surface area contributed by atoms with Crippen molar-refractivity contribution in [1.29, 1.82) is 5.26 Å². The van der Waals surface area contributed by atoms with Crippen LogP contribution >= 0.6 is 0 Å². The Hall–Kier alpha value is -5.12. The quantitative estimate of drug-likeness (QED) is 0.251. The Balaban J connectivity index is 1.38. The fourth-order valence-corrected chi connectivity index (χ4v) is 8.87. The zero-order chi connectivity index (χ0) is 33.8. The van der Waals surface area contributed by atoms with Crippen LogP contribution in [0.5, 0.6) is 28.7 Å². The average Bonchev–Trinajstić information content (AvgIpc) is 3.64. The van der Waals surface area contributed by atoms with E-state index in [4.69, 9.17) is 18.9 Å². The Bertz CT molecular complexity index is 1970. The first-order valence-electron chi connectivity index (χ1n) is 15.9. The van der Waals surface area contributed by atoms with Crippen LogP contribution in [-0.2, 0) is 17.6 Å². The van der Waals surface area contributed by atoms with Crippen LogP contribution in [0.2, 0.25) is 0 Å². The van der Waals surface area contributed by atoms with Gasteiger partial charge in [0.2, 0.25) is 6.79 Å². The summed E-state index contributed by atoms with van der Waals surface area (Å²) in [4.78, 5) is 45.6. The number of imide groups is 1. The molecule has 3 aromatic carbocycles. The van der Waals surface area contributed by atoms with E-state index in [2.05, 4.69) is 15.9 Å². The molecule has 12 nitrogen and oxygen atoms in total. The predicted octanol–water partition coefficient (Wildman–Crippen LogP) is 3.74. The highest BCUT2D eigenvalue weighted by molar-refractivity contribution is 6.21. The molecule has 0 unspecified atom stereocenters. The summed E-state index contributed by atoms with van der Waals surface area (Å²) in [5.74, 6) is 0.250. The fourth-order valence-electron chi connectivity index (χ4n) is 8.87. The number of nitrogens with zero attached hydrogens (tertiary/aromatic N) is 4. The van der Waals surface area contributed by atoms with Crippen LogP contribution in [0.25, 0.3) is 0 Å². The molecule has 3 aromatic rings. The topological polar surface area (TPSA) is 142 Å². The van der Waals surface area contributed by atoms with Gasteiger partial charge in [-0.3, -0.25) is 29.1 Å². The third-order valence-electron chi connectivity index (χ3n) is 10.7. The zero-order valence-corrected chi connectivity index (χ0v) is 27.2. The maximum Gasteiger partial charge on any atom is 0.308 e. The highest BCUT2D eigenvalue weighted by atomic mass is 16.7. The van der Waals surface area contributed by atoms with Crippen LogP contribution in [0.1, 0.15) is 73.1 Å². The van der Waals surface area contributed by atoms with Gasteiger partial charge in [0.25, 0.3) is 11.8 Å². The Kier molecular flexibility index (Phi) is 6.74. The molecular weight excluding hydrogens is 616 g/mol. The lowest BCUT2D eigenvalue weighted by Crippen LogP contribution is -2.68. The lowest BCUT2D eigenvalue weighted by atomic mass is 9.71. The van der Waals surface area contributed by atoms with Crippen molar-refractivity contribution in [3.8, 4) is 34.8 Å². The van der Waals surface area contributed by atoms with Crippen molar-refractivity contribution in [1.82, 2.24) is 14.7 Å². The Morgan fingerprint density at radius 3 is 2.38 bits per heavy atom. The number of aryl methyl sites for hydroxylation is 1. The number of benzene rings is 3. The van der Waals surface area contributed by atoms with Gasteiger partial charge in [0.05, 0.1) is 36.4 Å². The van der Waals surface area contributed by atoms with Crippen molar-refractivity contribution in [2.75, 3.05) is 27.5 Å². The molecule has 0 saturated carbocycles. The molecule has 5 aliphatic rings. The summed E-state index contributed by atoms with van der Waals surface area (Å²) < 4.78 is 23.6. The van der Waals surface area contributed by atoms with E-state index < -0.39 is 42.0 Å². The summed E-state index contributed by atoms with van der Waals surface area (Å²) in [6.07, 6.45) is 0.794. The van der Waals surface area contributed by atoms with E-state index in [9.17, 15) is 24.8 Å². The maximum absolute atomic E-state index is 13.8. The molecular formula is C36H34N4O8. The third kappa shape index (κ3) is 3.98. The molecule has 5 heterocycles. The molecule has 5 aliphatic heterocycles. The molecule has 5 atom stereocenters. The Labute approximate surface area is 276 Å². The molecule has 2 amide bonds. The number of aromatic hydroxyl groups is 1. The number of methoxy groups -OCH3 is 1. The third-order valence-corrected chi connectivity index (χ3v) is 10.7. The molecule has 0 radical (unpaired) electrons. The highest BCUT2D eigenvalue weighted by Crippen LogP contribution is 2.58. The minimum absolute atomic E-state index is 0.0444. The van der Waals surface area contributed by atoms with Crippen LogP contribution in [0, 0.1) is 25.2 Å². The molecule has 8 rings (SSSR count). The number of esters is 1. The van der Waals surface area contributed by atoms with E-state index in [1.54, 1.807) is 31.2 Å². The van der Waals surface area contributed by atoms with Gasteiger partial charge in [-0.2, -0.15) is 5.26 Å². The normalized spacial score (nSPS) is 25.2. The number of rotatable bonds is 4. The van der Waals surface area contributed by atoms with Crippen LogP contribution in [0.15, 0.2) is 30.3 Å². The number of phenols is 1. The number of fused-ring (bicyclic) bond motifs is 10. The van der Waals surface area contributed by atoms with Crippen LogP contribution in [-0.4, -0.2) is 83.2 Å². The van der Waals surface area contributed by atoms with E-state index in [-0.39, 0.29) is 25.1 Å². The molecule has 2 bridgehead atoms. The molecule has 0 aromatic heterocycles. The number of likely N-dealkylation sites (N-methyl/N-ethyl adjacent to an activating group) is 1. The second kappa shape index (κ2) is 10.7. The predicted molar refractivity (Wildman–Crippen MR) is 169 cm³/mol. The van der Waals surface area contributed by atoms with Gasteiger partial charge in [-0.25, -0.2) is 0 Å². The van der Waals surface area contributed by atoms with Gasteiger partial charge in [0, 0.05) is 47.8 Å². The number of hydrogen-bond acceptors (Lipinski definition) is 11. The first-order chi connectivity index (χ1) is 23.1. The van der Waals surface area contributed by atoms with Gasteiger partial charge in [-0.15, -0.1) is 0 Å². The van der Waals surface area contributed by atoms with Crippen LogP contribution < -0.4 is 18.9 Å². The number of phenolic OH excluding ortho intramolecular Hbond substituents is 1. The number of carbonyl (C=O) groups excluding carboxylic acids is 3. The largest absolute Gasteiger partial charge is 0.504 e. The van der Waals surface area contributed by atoms with Gasteiger partial charge < -0.3 is 24.1 Å². The highest BCUT2D eigenvalue weighted by Gasteiger charge is 2.57. The fraction of sp³-hybridized carbons (Fsp3) is 0.389. The molecule has 1 saturated heterocycles. The molecule has 246 valence electrons. The van der Waals surface area contributed by atoms with Crippen LogP contribution in [0.3, 0.4) is 0 Å². The molecule has 1 N–H and O–H groups in total. The minimum atomic E-state index is -0.745. The first-order valence-corrected chi connectivity index (χ1v) is 15.9. The van der Waals surface area contributed by atoms with Crippen molar-refractivity contribution < 1.29 is 38.4 Å². The number of carbonyl (C=O) groups is 3. The monoisotopic (exact) mass is 650 g/mol. The smallest absolute Gasteiger partial charge is 0.308 e. The van der Waals surface area contributed by atoms with E-state index in [1.165, 1.54) is 18.9 Å². The number of piperazine rings is 1. The number of ether oxygens (including phenoxy) is 4. The first kappa shape index (κ1) is 30.2. The standard InChI is InChI=1S/C36H34N4O8/c1-16-10-19-11-23-25(13-37)40-24(29(38(23)4)27(19)30(42)31(16)45-5)12-22-28(34-33(46-15-47-34)17(2)32(22)48-18(3)41)26(40)14-39-35(43)20-8-6-7-9-21(20)36(39)44/h6-10,23-26,29,42H,11-12,14-15H2,1-5H3/t23-,24-,25-,26-,29-/m1/s1. The second-order valence-corrected chi connectivity index (χ2v) is 13.1. The van der Waals surface area contributed by atoms with Crippen molar-refractivity contribution in [2.24, 2.45) is 0 Å². The SMILES string of the molecule is COc1c(C)cc2c(c1O)[C@H]1[C@H]3Cc4c(OC(C)=O)c(C)c5c(c4[C@@H](CN4C(=O)c6ccccc6C4=O)N3[C@H](C#N)[C@@H](C2)N1C)OCO5. The summed E-state index contributed by atoms with van der Waals surface area (Å²) in [5, 5.41) is 22.6. The summed E-state index contributed by atoms with van der Waals surface area (Å²) in [6, 6.07) is 8.71. The molecule has 48 heavy (non-hydrogen) atoms. The Morgan fingerprint density at radius 1 is 1.04 bits per heavy atom. The van der Waals surface area contributed by atoms with Gasteiger partial charge >= 0.3 is 5.97 Å². The lowest BCUT2D eigenvalue weighted by molar-refractivity contribution is -0.132. The van der Waals surface area contributed by atoms with Gasteiger partial charge in [-0.05, 0) is 57.0 Å². The van der Waals surface area contributed by atoms with E-state index >= 15 is 0 Å². The molecule has 1 fully saturated rings. The number of hydrogen-bond donors (Lipinski definition) is 1. The van der Waals surface area contributed by atoms with Crippen molar-refractivity contribution in [2.45, 2.75) is 63.8 Å². The van der Waals surface area contributed by atoms with E-state index in [1.807, 2.05) is 20.0 Å². The maximum atomic E-state index is 13.8. The zero-order valence-electron chi connectivity index (χ0n) is 27.2. The molecule has 0 spiro atoms. The van der Waals surface area contributed by atoms with Crippen molar-refractivity contribution in [3.05, 3.63) is 74.8 Å². The summed E-state index contributed by atoms with van der Waals surface area (Å²) >= 11 is 0. The molecule has 12 heteroatoms. The van der Waals surface area contributed by atoms with Crippen molar-refractivity contribution >= 4 is 17.8 Å². The second-order valence-electron chi connectivity index (χ2n) is 13.1. The summed E-state index contributed by atoms with van der Waals surface area (Å²) in [5.41, 5.74) is 4.94. The number of amides is 2. The van der Waals surface area contributed by atoms with Gasteiger partial charge in [-0.1, -0.05) is 18.2 Å². The summed E-state index contributed by atoms with van der Waals surface area (Å²) in [6.45, 7) is 4.86. The average molecular weight is 651 g/mol. The van der Waals surface area contributed by atoms with E-state index in [0.717, 1.165) is 11.1 Å². The summed E-state index contributed by atoms with van der Waals surface area (Å²) in [7, 11) is 3.48. The minimum Gasteiger partial charge on any atom is -0.504 e. The lowest BCUT2D eigenvalue weighted by Gasteiger charge is -2.60. The molecule has 0 aliphatic carbocycles.